The minimum atomic E-state index is -0.966. The van der Waals surface area contributed by atoms with Gasteiger partial charge < -0.3 is 19.9 Å². The smallest absolute Gasteiger partial charge is 0.411 e. The van der Waals surface area contributed by atoms with Gasteiger partial charge in [-0.1, -0.05) is 0 Å². The highest BCUT2D eigenvalue weighted by Gasteiger charge is 2.28. The second-order valence-corrected chi connectivity index (χ2v) is 7.17. The van der Waals surface area contributed by atoms with E-state index in [9.17, 15) is 9.90 Å². The van der Waals surface area contributed by atoms with Gasteiger partial charge >= 0.3 is 6.09 Å². The number of thiophene rings is 1. The summed E-state index contributed by atoms with van der Waals surface area (Å²) in [6.45, 7) is 3.42. The van der Waals surface area contributed by atoms with E-state index in [1.165, 1.54) is 4.90 Å². The lowest BCUT2D eigenvalue weighted by molar-refractivity contribution is 0.138. The zero-order valence-corrected chi connectivity index (χ0v) is 15.1. The minimum absolute atomic E-state index is 0.0147. The average Bonchev–Trinajstić information content (AvgIpc) is 3.29. The summed E-state index contributed by atoms with van der Waals surface area (Å²) in [4.78, 5) is 18.3. The molecule has 2 aromatic rings. The molecule has 26 heavy (non-hydrogen) atoms. The standard InChI is InChI=1S/C18H19N3O4S/c1-11-16(13-5-8-26-15(13)9-21(11)18(22)23)20-14-3-2-6-19-17(14)25-12-4-7-24-10-12/h2-3,5-6,8,12,20H,4,7,9-10H2,1H3,(H,22,23)/t12-/m1/s1. The lowest BCUT2D eigenvalue weighted by Gasteiger charge is -2.29. The first-order chi connectivity index (χ1) is 12.6. The van der Waals surface area contributed by atoms with Crippen LogP contribution in [0.5, 0.6) is 5.88 Å². The topological polar surface area (TPSA) is 83.9 Å². The summed E-state index contributed by atoms with van der Waals surface area (Å²) in [5.74, 6) is 0.493. The van der Waals surface area contributed by atoms with Gasteiger partial charge in [0.15, 0.2) is 0 Å². The van der Waals surface area contributed by atoms with E-state index in [4.69, 9.17) is 9.47 Å². The van der Waals surface area contributed by atoms with Crippen LogP contribution in [0, 0.1) is 0 Å². The number of pyridine rings is 1. The molecule has 1 amide bonds. The molecule has 0 bridgehead atoms. The van der Waals surface area contributed by atoms with Crippen molar-refractivity contribution in [3.05, 3.63) is 45.9 Å². The highest BCUT2D eigenvalue weighted by molar-refractivity contribution is 7.10. The van der Waals surface area contributed by atoms with Crippen LogP contribution < -0.4 is 10.1 Å². The third-order valence-electron chi connectivity index (χ3n) is 4.51. The van der Waals surface area contributed by atoms with Crippen molar-refractivity contribution in [1.29, 1.82) is 0 Å². The number of carbonyl (C=O) groups is 1. The molecule has 0 unspecified atom stereocenters. The maximum Gasteiger partial charge on any atom is 0.411 e. The van der Waals surface area contributed by atoms with E-state index in [2.05, 4.69) is 10.3 Å². The Morgan fingerprint density at radius 2 is 2.38 bits per heavy atom. The third-order valence-corrected chi connectivity index (χ3v) is 5.42. The molecule has 0 aliphatic carbocycles. The quantitative estimate of drug-likeness (QED) is 0.852. The molecular weight excluding hydrogens is 354 g/mol. The van der Waals surface area contributed by atoms with Crippen molar-refractivity contribution in [2.75, 3.05) is 18.5 Å². The summed E-state index contributed by atoms with van der Waals surface area (Å²) < 4.78 is 11.3. The van der Waals surface area contributed by atoms with Gasteiger partial charge in [0.1, 0.15) is 11.8 Å². The third kappa shape index (κ3) is 3.13. The van der Waals surface area contributed by atoms with E-state index in [1.54, 1.807) is 24.5 Å². The first-order valence-corrected chi connectivity index (χ1v) is 9.26. The van der Waals surface area contributed by atoms with Gasteiger partial charge in [0.05, 0.1) is 25.5 Å². The van der Waals surface area contributed by atoms with Crippen LogP contribution in [0.15, 0.2) is 35.5 Å². The van der Waals surface area contributed by atoms with Crippen LogP contribution in [0.4, 0.5) is 10.5 Å². The number of amides is 1. The van der Waals surface area contributed by atoms with Crippen molar-refractivity contribution in [2.24, 2.45) is 0 Å². The Morgan fingerprint density at radius 1 is 1.50 bits per heavy atom. The molecular formula is C18H19N3O4S. The molecule has 2 aliphatic heterocycles. The fourth-order valence-corrected chi connectivity index (χ4v) is 3.99. The Bertz CT molecular complexity index is 858. The fraction of sp³-hybridized carbons (Fsp3) is 0.333. The normalized spacial score (nSPS) is 19.4. The largest absolute Gasteiger partial charge is 0.470 e. The Kier molecular flexibility index (Phi) is 4.52. The van der Waals surface area contributed by atoms with Crippen molar-refractivity contribution in [3.8, 4) is 5.88 Å². The molecule has 1 fully saturated rings. The number of fused-ring (bicyclic) bond motifs is 1. The zero-order valence-electron chi connectivity index (χ0n) is 14.3. The highest BCUT2D eigenvalue weighted by atomic mass is 32.1. The lowest BCUT2D eigenvalue weighted by atomic mass is 10.1. The van der Waals surface area contributed by atoms with Crippen LogP contribution in [0.25, 0.3) is 5.70 Å². The van der Waals surface area contributed by atoms with Gasteiger partial charge in [0.2, 0.25) is 5.88 Å². The maximum atomic E-state index is 11.6. The average molecular weight is 373 g/mol. The van der Waals surface area contributed by atoms with Gasteiger partial charge in [0, 0.05) is 28.8 Å². The predicted octanol–water partition coefficient (Wildman–Crippen LogP) is 3.61. The first kappa shape index (κ1) is 16.9. The van der Waals surface area contributed by atoms with Gasteiger partial charge in [-0.25, -0.2) is 9.78 Å². The molecule has 2 aromatic heterocycles. The lowest BCUT2D eigenvalue weighted by Crippen LogP contribution is -2.31. The Morgan fingerprint density at radius 3 is 3.15 bits per heavy atom. The number of aromatic nitrogens is 1. The van der Waals surface area contributed by atoms with E-state index in [1.807, 2.05) is 23.6 Å². The monoisotopic (exact) mass is 373 g/mol. The van der Waals surface area contributed by atoms with Gasteiger partial charge in [-0.2, -0.15) is 0 Å². The molecule has 4 rings (SSSR count). The summed E-state index contributed by atoms with van der Waals surface area (Å²) in [6.07, 6.45) is 1.53. The van der Waals surface area contributed by atoms with Crippen molar-refractivity contribution in [3.63, 3.8) is 0 Å². The molecule has 1 atom stereocenters. The van der Waals surface area contributed by atoms with Gasteiger partial charge in [-0.15, -0.1) is 11.3 Å². The van der Waals surface area contributed by atoms with Crippen LogP contribution in [0.2, 0.25) is 0 Å². The molecule has 7 nitrogen and oxygen atoms in total. The number of carboxylic acid groups (broad SMARTS) is 1. The molecule has 2 N–H and O–H groups in total. The van der Waals surface area contributed by atoms with E-state index >= 15 is 0 Å². The SMILES string of the molecule is CC1=C(Nc2cccnc2O[C@@H]2CCOC2)c2ccsc2CN1C(=O)O. The van der Waals surface area contributed by atoms with Crippen LogP contribution in [-0.2, 0) is 11.3 Å². The second kappa shape index (κ2) is 6.97. The van der Waals surface area contributed by atoms with Crippen molar-refractivity contribution < 1.29 is 19.4 Å². The van der Waals surface area contributed by atoms with Crippen molar-refractivity contribution in [2.45, 2.75) is 26.0 Å². The Labute approximate surface area is 154 Å². The molecule has 1 saturated heterocycles. The first-order valence-electron chi connectivity index (χ1n) is 8.38. The summed E-state index contributed by atoms with van der Waals surface area (Å²) in [5, 5.41) is 14.8. The Hall–Kier alpha value is -2.58. The number of nitrogens with zero attached hydrogens (tertiary/aromatic N) is 2. The van der Waals surface area contributed by atoms with E-state index < -0.39 is 6.09 Å². The number of rotatable bonds is 4. The predicted molar refractivity (Wildman–Crippen MR) is 98.2 cm³/mol. The molecule has 0 radical (unpaired) electrons. The highest BCUT2D eigenvalue weighted by Crippen LogP contribution is 2.37. The van der Waals surface area contributed by atoms with Crippen molar-refractivity contribution in [1.82, 2.24) is 9.88 Å². The summed E-state index contributed by atoms with van der Waals surface area (Å²) in [7, 11) is 0. The summed E-state index contributed by atoms with van der Waals surface area (Å²) in [6, 6.07) is 5.71. The van der Waals surface area contributed by atoms with E-state index in [0.29, 0.717) is 37.0 Å². The van der Waals surface area contributed by atoms with Crippen LogP contribution >= 0.6 is 11.3 Å². The molecule has 0 saturated carbocycles. The molecule has 0 spiro atoms. The number of hydrogen-bond acceptors (Lipinski definition) is 6. The second-order valence-electron chi connectivity index (χ2n) is 6.17. The van der Waals surface area contributed by atoms with Crippen molar-refractivity contribution >= 4 is 28.8 Å². The molecule has 0 aromatic carbocycles. The Balaban J connectivity index is 1.67. The number of hydrogen-bond donors (Lipinski definition) is 2. The number of anilines is 1. The zero-order chi connectivity index (χ0) is 18.1. The fourth-order valence-electron chi connectivity index (χ4n) is 3.12. The van der Waals surface area contributed by atoms with Crippen LogP contribution in [0.3, 0.4) is 0 Å². The minimum Gasteiger partial charge on any atom is -0.470 e. The van der Waals surface area contributed by atoms with E-state index in [0.717, 1.165) is 22.6 Å². The van der Waals surface area contributed by atoms with Gasteiger partial charge in [-0.3, -0.25) is 4.90 Å². The van der Waals surface area contributed by atoms with E-state index in [-0.39, 0.29) is 6.10 Å². The number of ether oxygens (including phenoxy) is 2. The van der Waals surface area contributed by atoms with Crippen LogP contribution in [0.1, 0.15) is 23.8 Å². The summed E-state index contributed by atoms with van der Waals surface area (Å²) in [5.41, 5.74) is 3.14. The molecule has 2 aliphatic rings. The number of allylic oxidation sites excluding steroid dienone is 1. The molecule has 8 heteroatoms. The molecule has 4 heterocycles. The van der Waals surface area contributed by atoms with Gasteiger partial charge in [-0.05, 0) is 30.5 Å². The van der Waals surface area contributed by atoms with Gasteiger partial charge in [0.25, 0.3) is 0 Å². The summed E-state index contributed by atoms with van der Waals surface area (Å²) >= 11 is 1.55. The van der Waals surface area contributed by atoms with Crippen LogP contribution in [-0.4, -0.2) is 40.4 Å². The molecule has 136 valence electrons. The number of nitrogens with one attached hydrogen (secondary N) is 1. The maximum absolute atomic E-state index is 11.6.